The van der Waals surface area contributed by atoms with Crippen LogP contribution in [0.3, 0.4) is 0 Å². The molecule has 0 saturated carbocycles. The van der Waals surface area contributed by atoms with Gasteiger partial charge in [0.05, 0.1) is 54.9 Å². The Bertz CT molecular complexity index is 5900. The number of thioether (sulfide) groups is 3. The van der Waals surface area contributed by atoms with Crippen molar-refractivity contribution in [1.29, 1.82) is 0 Å². The minimum atomic E-state index is -2.91. The number of allylic oxidation sites excluding steroid dienone is 1. The van der Waals surface area contributed by atoms with E-state index < -0.39 is 354 Å². The summed E-state index contributed by atoms with van der Waals surface area (Å²) in [4.78, 5) is 333. The number of amides is 18. The van der Waals surface area contributed by atoms with Crippen molar-refractivity contribution in [3.8, 4) is 0 Å². The van der Waals surface area contributed by atoms with Crippen molar-refractivity contribution in [2.24, 2.45) is 35.0 Å². The van der Waals surface area contributed by atoms with Gasteiger partial charge in [-0.15, -0.1) is 11.8 Å². The first kappa shape index (κ1) is 116. The number of hydrogen-bond acceptors (Lipinski definition) is 29. The second-order valence-corrected chi connectivity index (χ2v) is 41.4. The van der Waals surface area contributed by atoms with Crippen LogP contribution >= 0.6 is 47.9 Å². The number of thiol groups is 1. The van der Waals surface area contributed by atoms with Crippen LogP contribution in [-0.2, 0) is 125 Å². The molecule has 2 spiro atoms. The highest BCUT2D eigenvalue weighted by atomic mass is 32.2. The molecule has 27 N–H and O–H groups in total. The number of aliphatic hydroxyl groups is 1. The van der Waals surface area contributed by atoms with Gasteiger partial charge in [0.2, 0.25) is 106 Å². The Morgan fingerprint density at radius 2 is 1.18 bits per heavy atom. The number of aromatic nitrogens is 2. The Balaban J connectivity index is 1.11. The minimum Gasteiger partial charge on any atom is -0.481 e. The van der Waals surface area contributed by atoms with Gasteiger partial charge >= 0.3 is 11.9 Å². The molecule has 5 aliphatic heterocycles. The first-order valence-electron chi connectivity index (χ1n) is 48.1. The van der Waals surface area contributed by atoms with Gasteiger partial charge in [0, 0.05) is 131 Å². The number of ketones is 2. The van der Waals surface area contributed by atoms with Gasteiger partial charge < -0.3 is 132 Å². The van der Waals surface area contributed by atoms with E-state index in [1.54, 1.807) is 98.9 Å². The quantitative estimate of drug-likeness (QED) is 0.0174. The lowest BCUT2D eigenvalue weighted by molar-refractivity contribution is -0.143. The topological polar surface area (TPSA) is 742 Å². The number of fused-ring (bicyclic) bond motifs is 3. The molecule has 5 aliphatic rings. The third kappa shape index (κ3) is 31.1. The summed E-state index contributed by atoms with van der Waals surface area (Å²) < 4.78 is 0. The molecular formula is C97H128N22O25S4. The van der Waals surface area contributed by atoms with Crippen molar-refractivity contribution in [1.82, 2.24) is 99.9 Å². The van der Waals surface area contributed by atoms with E-state index in [9.17, 15) is 58.5 Å². The molecule has 0 bridgehead atoms. The van der Waals surface area contributed by atoms with Gasteiger partial charge in [-0.05, 0) is 87.1 Å². The van der Waals surface area contributed by atoms with Gasteiger partial charge in [-0.2, -0.15) is 36.2 Å². The number of H-pyrrole nitrogens is 2. The summed E-state index contributed by atoms with van der Waals surface area (Å²) in [5.41, 5.74) is 14.0. The summed E-state index contributed by atoms with van der Waals surface area (Å²) in [7, 11) is 0. The Morgan fingerprint density at radius 1 is 0.608 bits per heavy atom. The number of aliphatic carboxylic acids is 2. The smallest absolute Gasteiger partial charge is 0.327 e. The van der Waals surface area contributed by atoms with Crippen LogP contribution < -0.4 is 102 Å². The number of Topliss-reactive ketones (excluding diaryl/α,β-unsaturated/α-hetero) is 2. The van der Waals surface area contributed by atoms with Crippen LogP contribution in [0.1, 0.15) is 123 Å². The van der Waals surface area contributed by atoms with E-state index in [0.29, 0.717) is 73.8 Å². The molecule has 5 aromatic rings. The van der Waals surface area contributed by atoms with Crippen molar-refractivity contribution in [3.05, 3.63) is 132 Å². The number of nitrogens with zero attached hydrogens (tertiary/aromatic N) is 1. The molecule has 18 amide bonds. The molecule has 5 saturated heterocycles. The molecule has 0 aliphatic carbocycles. The number of para-hydroxylation sites is 2. The third-order valence-corrected chi connectivity index (χ3v) is 30.0. The summed E-state index contributed by atoms with van der Waals surface area (Å²) >= 11 is 6.46. The lowest BCUT2D eigenvalue weighted by atomic mass is 9.89. The van der Waals surface area contributed by atoms with Crippen LogP contribution in [0.25, 0.3) is 21.8 Å². The van der Waals surface area contributed by atoms with Crippen molar-refractivity contribution in [2.75, 3.05) is 53.4 Å². The first-order valence-corrected chi connectivity index (χ1v) is 52.2. The molecule has 7 heterocycles. The van der Waals surface area contributed by atoms with E-state index in [1.807, 2.05) is 0 Å². The minimum absolute atomic E-state index is 0.0456. The van der Waals surface area contributed by atoms with E-state index in [2.05, 4.69) is 114 Å². The van der Waals surface area contributed by atoms with Gasteiger partial charge in [0.1, 0.15) is 77.5 Å². The summed E-state index contributed by atoms with van der Waals surface area (Å²) in [6, 6.07) is -4.13. The number of carbonyl (C=O) groups excluding carboxylic acids is 20. The fourth-order valence-corrected chi connectivity index (χ4v) is 21.3. The maximum Gasteiger partial charge on any atom is 0.327 e. The Labute approximate surface area is 868 Å². The number of carboxylic acid groups (broad SMARTS) is 2. The van der Waals surface area contributed by atoms with E-state index in [1.165, 1.54) is 44.9 Å². The molecular weight excluding hydrogens is 2000 g/mol. The monoisotopic (exact) mass is 2130 g/mol. The number of aliphatic hydroxyl groups excluding tert-OH is 1. The third-order valence-electron chi connectivity index (χ3n) is 25.9. The number of carboxylic acids is 2. The van der Waals surface area contributed by atoms with E-state index >= 15 is 62.3 Å². The normalized spacial score (nSPS) is 26.8. The number of hydrogen-bond donors (Lipinski definition) is 25. The second kappa shape index (κ2) is 53.1. The Hall–Kier alpha value is -13.9. The van der Waals surface area contributed by atoms with Crippen LogP contribution in [-0.4, -0.2) is 321 Å². The fraction of sp³-hybridized carbons (Fsp3) is 0.505. The van der Waals surface area contributed by atoms with Crippen molar-refractivity contribution in [2.45, 2.75) is 233 Å². The number of rotatable bonds is 27. The van der Waals surface area contributed by atoms with E-state index in [0.717, 1.165) is 6.92 Å². The highest BCUT2D eigenvalue weighted by Gasteiger charge is 2.52. The summed E-state index contributed by atoms with van der Waals surface area (Å²) in [6.45, 7) is 12.9. The zero-order valence-electron chi connectivity index (χ0n) is 82.4. The summed E-state index contributed by atoms with van der Waals surface area (Å²) in [6.07, 6.45) is -4.13. The number of aromatic amines is 2. The average Bonchev–Trinajstić information content (AvgIpc) is 0.919. The van der Waals surface area contributed by atoms with Crippen molar-refractivity contribution >= 4 is 200 Å². The maximum atomic E-state index is 16.9. The molecule has 51 heteroatoms. The Kier molecular flexibility index (Phi) is 41.6. The van der Waals surface area contributed by atoms with Crippen LogP contribution in [0.15, 0.2) is 115 Å². The number of primary amides is 2. The van der Waals surface area contributed by atoms with E-state index in [-0.39, 0.29) is 43.5 Å². The molecule has 10 rings (SSSR count). The number of benzene rings is 3. The Morgan fingerprint density at radius 3 is 1.77 bits per heavy atom. The standard InChI is InChI=1S/C97H128N22O25S4/c1-9-52-31-71(121)62(28-51-18-11-10-12-19-51)107-89(137)70-24-17-27-119(70)92(140)78(47(4)5)114-86(134)64(30-54-37-102-61-23-16-14-21-57(54)61)113-94(143)97(45-148-41-68(111-81(52)129)88(136)112-69(93(141)142)42-146-43-74(100)124)35-66(87(135)115-79(50(8)120)90(138)103-38-75(125)117-97)110-82(130)55(39-145)32-72(122)67-40-147-44-96(34-58(98)83(131)108-65(33-73(99)123)84(132)105-49(7)80(128)118-96)95(144)116-77(46(2)3)91(139)109-63(29-53-36-101-60-22-15-13-20-56(53)60)85(133)106-59(48(6)104-67)25-26-76(126)127/h9-16,18-23,36-37,46-47,49-50,55,58-59,62-70,77-79,101-102,104,120,145H,6,17,24-35,38-45,98H2,1-5,7-8H3,(H2,99,123)(H2,100,124)(H,103,138)(H,105,132)(H,106,133)(H,107,137)(H,108,131)(H,109,139)(H,110,130)(H,111,129)(H,112,136)(H,113,143)(H,114,134)(H,115,135)(H,116,144)(H,117,125)(H,118,128)(H,126,127)(H,141,142)/b52-9+/t49-,50+,55+,58-,59-,62-,63-,64-,65-,66-,67-,68-,69-,70-,77-,78-,79-,96+,97+/m0/s1. The molecule has 47 nitrogen and oxygen atoms in total. The second-order valence-electron chi connectivity index (χ2n) is 37.9. The highest BCUT2D eigenvalue weighted by molar-refractivity contribution is 8.00. The van der Waals surface area contributed by atoms with Gasteiger partial charge in [-0.3, -0.25) is 101 Å². The molecule has 0 unspecified atom stereocenters. The fourth-order valence-electron chi connectivity index (χ4n) is 17.7. The molecule has 0 radical (unpaired) electrons. The lowest BCUT2D eigenvalue weighted by Crippen LogP contribution is -2.68. The largest absolute Gasteiger partial charge is 0.481 e. The molecule has 148 heavy (non-hydrogen) atoms. The predicted molar refractivity (Wildman–Crippen MR) is 547 cm³/mol. The van der Waals surface area contributed by atoms with Gasteiger partial charge in [-0.1, -0.05) is 107 Å². The number of nitrogens with two attached hydrogens (primary N) is 3. The molecule has 800 valence electrons. The summed E-state index contributed by atoms with van der Waals surface area (Å²) in [5, 5.41) is 75.0. The van der Waals surface area contributed by atoms with Crippen LogP contribution in [0, 0.1) is 17.8 Å². The maximum absolute atomic E-state index is 16.9. The molecule has 2 aromatic heterocycles. The van der Waals surface area contributed by atoms with Gasteiger partial charge in [0.25, 0.3) is 0 Å². The first-order chi connectivity index (χ1) is 70.1. The molecule has 5 fully saturated rings. The molecule has 3 aromatic carbocycles. The number of carbonyl (C=O) groups is 22. The lowest BCUT2D eigenvalue weighted by Gasteiger charge is -2.38. The summed E-state index contributed by atoms with van der Waals surface area (Å²) in [5.74, 6) is -33.4. The zero-order chi connectivity index (χ0) is 108. The van der Waals surface area contributed by atoms with Gasteiger partial charge in [-0.25, -0.2) is 4.79 Å². The van der Waals surface area contributed by atoms with Crippen LogP contribution in [0.2, 0.25) is 0 Å². The highest BCUT2D eigenvalue weighted by Crippen LogP contribution is 2.32. The van der Waals surface area contributed by atoms with Crippen LogP contribution in [0.5, 0.6) is 0 Å². The SMILES string of the molecule is C=C1N[C@H](C(=O)C[C@H](CS)C(=O)N[C@H]2C[C@]3(CSC[C@@H](C(=O)N[C@@H](CSCC(N)=O)C(=O)O)NC(=O)/C(=C/C)CC(=O)[C@H](Cc4ccccc4)NC(=O)[C@@H]4CCCN4C(=O)[C@H](C(C)C)NC(=O)[C@H](Cc4c[nH]c5ccccc45)NC3=O)NC(=O)CNC(=O)[C@H]([C@@H](C)O)NC2=O)CSC[C@]2(C[C@H](N)C(=O)N[C@@H](CC(N)=O)C(=O)N[C@@H](C)C(=O)N2)C(=O)N[C@@H](C(C)C)C(=O)N[C@@H](Cc2c[nH]c3ccccc23)C(=O)N[C@H]1CCC(=O)O. The van der Waals surface area contributed by atoms with Crippen molar-refractivity contribution in [3.63, 3.8) is 0 Å². The zero-order valence-corrected chi connectivity index (χ0v) is 85.8. The van der Waals surface area contributed by atoms with E-state index in [4.69, 9.17) is 17.2 Å². The average molecular weight is 2130 g/mol. The predicted octanol–water partition coefficient (Wildman–Crippen LogP) is -4.42. The van der Waals surface area contributed by atoms with Crippen LogP contribution in [0.4, 0.5) is 0 Å². The molecule has 19 atom stereocenters. The van der Waals surface area contributed by atoms with Gasteiger partial charge in [0.15, 0.2) is 11.6 Å². The number of nitrogens with one attached hydrogen (secondary N) is 18. The van der Waals surface area contributed by atoms with Crippen molar-refractivity contribution < 1.29 is 121 Å².